The lowest BCUT2D eigenvalue weighted by molar-refractivity contribution is -0.666. The van der Waals surface area contributed by atoms with Crippen molar-refractivity contribution in [2.75, 3.05) is 0 Å². The first-order valence-corrected chi connectivity index (χ1v) is 8.96. The molecule has 1 aliphatic rings. The number of aromatic nitrogens is 2. The summed E-state index contributed by atoms with van der Waals surface area (Å²) in [4.78, 5) is 0. The lowest BCUT2D eigenvalue weighted by Crippen LogP contribution is -2.41. The maximum Gasteiger partial charge on any atom is 0.291 e. The van der Waals surface area contributed by atoms with E-state index < -0.39 is 0 Å². The molecular weight excluding hydrogens is 304 g/mol. The van der Waals surface area contributed by atoms with Gasteiger partial charge in [0.2, 0.25) is 0 Å². The molecule has 2 nitrogen and oxygen atoms in total. The molecule has 0 bridgehead atoms. The van der Waals surface area contributed by atoms with Gasteiger partial charge in [-0.15, -0.1) is 0 Å². The van der Waals surface area contributed by atoms with Crippen molar-refractivity contribution < 1.29 is 4.57 Å². The Morgan fingerprint density at radius 2 is 1.52 bits per heavy atom. The molecule has 5 rings (SSSR count). The number of aryl methyl sites for hydroxylation is 3. The van der Waals surface area contributed by atoms with Crippen LogP contribution >= 0.6 is 0 Å². The van der Waals surface area contributed by atoms with Crippen LogP contribution in [0.2, 0.25) is 0 Å². The van der Waals surface area contributed by atoms with E-state index in [1.165, 1.54) is 49.9 Å². The monoisotopic (exact) mass is 327 g/mol. The molecule has 0 fully saturated rings. The summed E-state index contributed by atoms with van der Waals surface area (Å²) in [6.07, 6.45) is 2.19. The molecular formula is C23H23N2+. The molecule has 3 heterocycles. The molecule has 0 aliphatic carbocycles. The summed E-state index contributed by atoms with van der Waals surface area (Å²) in [6.45, 7) is 9.19. The summed E-state index contributed by atoms with van der Waals surface area (Å²) in [6, 6.07) is 15.7. The van der Waals surface area contributed by atoms with Gasteiger partial charge in [-0.05, 0) is 43.2 Å². The van der Waals surface area contributed by atoms with E-state index in [-0.39, 0.29) is 5.41 Å². The van der Waals surface area contributed by atoms with Crippen molar-refractivity contribution in [2.24, 2.45) is 7.05 Å². The van der Waals surface area contributed by atoms with Crippen molar-refractivity contribution in [3.63, 3.8) is 0 Å². The fraction of sp³-hybridized carbons (Fsp3) is 0.261. The molecule has 25 heavy (non-hydrogen) atoms. The lowest BCUT2D eigenvalue weighted by Gasteiger charge is -2.32. The van der Waals surface area contributed by atoms with Crippen LogP contribution in [0.3, 0.4) is 0 Å². The van der Waals surface area contributed by atoms with Gasteiger partial charge in [-0.25, -0.2) is 4.57 Å². The van der Waals surface area contributed by atoms with Crippen LogP contribution in [0.1, 0.15) is 36.1 Å². The van der Waals surface area contributed by atoms with Gasteiger partial charge in [0, 0.05) is 21.8 Å². The first-order valence-electron chi connectivity index (χ1n) is 8.96. The zero-order chi connectivity index (χ0) is 17.5. The largest absolute Gasteiger partial charge is 0.291 e. The van der Waals surface area contributed by atoms with Crippen LogP contribution in [0.15, 0.2) is 48.7 Å². The topological polar surface area (TPSA) is 8.81 Å². The molecule has 0 atom stereocenters. The molecule has 124 valence electrons. The molecule has 2 aromatic carbocycles. The average Bonchev–Trinajstić information content (AvgIpc) is 2.91. The highest BCUT2D eigenvalue weighted by atomic mass is 15.1. The summed E-state index contributed by atoms with van der Waals surface area (Å²) in [5, 5.41) is 2.71. The molecule has 2 aromatic heterocycles. The molecule has 1 aliphatic heterocycles. The number of rotatable bonds is 0. The van der Waals surface area contributed by atoms with E-state index in [2.05, 4.69) is 92.5 Å². The van der Waals surface area contributed by atoms with Crippen LogP contribution < -0.4 is 4.57 Å². The normalized spacial score (nSPS) is 14.9. The number of para-hydroxylation sites is 2. The Balaban J connectivity index is 2.18. The maximum absolute atomic E-state index is 2.50. The summed E-state index contributed by atoms with van der Waals surface area (Å²) < 4.78 is 4.79. The van der Waals surface area contributed by atoms with E-state index in [0.717, 1.165) is 0 Å². The highest BCUT2D eigenvalue weighted by Gasteiger charge is 2.42. The van der Waals surface area contributed by atoms with E-state index >= 15 is 0 Å². The Labute approximate surface area is 148 Å². The third-order valence-corrected chi connectivity index (χ3v) is 6.02. The van der Waals surface area contributed by atoms with E-state index in [0.29, 0.717) is 0 Å². The van der Waals surface area contributed by atoms with Crippen molar-refractivity contribution in [1.82, 2.24) is 4.57 Å². The van der Waals surface area contributed by atoms with Gasteiger partial charge < -0.3 is 0 Å². The predicted octanol–water partition coefficient (Wildman–Crippen LogP) is 4.86. The maximum atomic E-state index is 2.50. The molecule has 0 saturated heterocycles. The van der Waals surface area contributed by atoms with Gasteiger partial charge in [-0.2, -0.15) is 4.57 Å². The molecule has 0 amide bonds. The minimum absolute atomic E-state index is 0.0176. The molecule has 0 saturated carbocycles. The van der Waals surface area contributed by atoms with Crippen LogP contribution in [0.25, 0.3) is 27.6 Å². The van der Waals surface area contributed by atoms with Crippen molar-refractivity contribution in [2.45, 2.75) is 33.1 Å². The molecule has 0 radical (unpaired) electrons. The van der Waals surface area contributed by atoms with E-state index in [9.17, 15) is 0 Å². The van der Waals surface area contributed by atoms with Crippen molar-refractivity contribution in [1.29, 1.82) is 0 Å². The minimum atomic E-state index is -0.0176. The van der Waals surface area contributed by atoms with E-state index in [1.54, 1.807) is 0 Å². The SMILES string of the molecule is Cc1cc[n+](C)c2c1C(C)(C)c1cccc3c4cccc(C)c4n-2c13. The van der Waals surface area contributed by atoms with Gasteiger partial charge in [0.25, 0.3) is 5.82 Å². The van der Waals surface area contributed by atoms with Gasteiger partial charge in [-0.3, -0.25) is 0 Å². The highest BCUT2D eigenvalue weighted by Crippen LogP contribution is 2.47. The Bertz CT molecular complexity index is 1190. The summed E-state index contributed by atoms with van der Waals surface area (Å²) in [7, 11) is 2.16. The lowest BCUT2D eigenvalue weighted by atomic mass is 9.74. The molecule has 0 spiro atoms. The van der Waals surface area contributed by atoms with Crippen LogP contribution in [-0.4, -0.2) is 4.57 Å². The van der Waals surface area contributed by atoms with Gasteiger partial charge in [0.05, 0.1) is 18.8 Å². The Kier molecular flexibility index (Phi) is 2.66. The number of fused-ring (bicyclic) bond motifs is 5. The van der Waals surface area contributed by atoms with Crippen LogP contribution in [0.5, 0.6) is 0 Å². The van der Waals surface area contributed by atoms with E-state index in [4.69, 9.17) is 0 Å². The van der Waals surface area contributed by atoms with Gasteiger partial charge in [0.15, 0.2) is 0 Å². The van der Waals surface area contributed by atoms with Gasteiger partial charge >= 0.3 is 0 Å². The molecule has 0 unspecified atom stereocenters. The average molecular weight is 327 g/mol. The molecule has 0 N–H and O–H groups in total. The summed E-state index contributed by atoms with van der Waals surface area (Å²) in [5.41, 5.74) is 8.22. The smallest absolute Gasteiger partial charge is 0.236 e. The van der Waals surface area contributed by atoms with Crippen molar-refractivity contribution in [3.05, 3.63) is 70.9 Å². The fourth-order valence-electron chi connectivity index (χ4n) is 4.91. The third-order valence-electron chi connectivity index (χ3n) is 6.02. The highest BCUT2D eigenvalue weighted by molar-refractivity contribution is 6.12. The second-order valence-electron chi connectivity index (χ2n) is 7.94. The first-order chi connectivity index (χ1) is 11.9. The first kappa shape index (κ1) is 14.7. The number of benzene rings is 2. The fourth-order valence-corrected chi connectivity index (χ4v) is 4.91. The second kappa shape index (κ2) is 4.51. The number of hydrogen-bond donors (Lipinski definition) is 0. The van der Waals surface area contributed by atoms with Gasteiger partial charge in [0.1, 0.15) is 11.0 Å². The third kappa shape index (κ3) is 1.62. The van der Waals surface area contributed by atoms with Crippen molar-refractivity contribution >= 4 is 21.8 Å². The Hall–Kier alpha value is -2.61. The van der Waals surface area contributed by atoms with Crippen LogP contribution in [0.4, 0.5) is 0 Å². The van der Waals surface area contributed by atoms with Gasteiger partial charge in [-0.1, -0.05) is 38.1 Å². The Morgan fingerprint density at radius 3 is 2.28 bits per heavy atom. The second-order valence-corrected chi connectivity index (χ2v) is 7.94. The summed E-state index contributed by atoms with van der Waals surface area (Å²) in [5.74, 6) is 1.30. The number of nitrogens with zero attached hydrogens (tertiary/aromatic N) is 2. The minimum Gasteiger partial charge on any atom is -0.236 e. The van der Waals surface area contributed by atoms with Crippen LogP contribution in [-0.2, 0) is 12.5 Å². The van der Waals surface area contributed by atoms with Crippen LogP contribution in [0, 0.1) is 13.8 Å². The Morgan fingerprint density at radius 1 is 0.840 bits per heavy atom. The molecule has 4 aromatic rings. The van der Waals surface area contributed by atoms with Crippen molar-refractivity contribution in [3.8, 4) is 5.82 Å². The zero-order valence-electron chi connectivity index (χ0n) is 15.5. The van der Waals surface area contributed by atoms with E-state index in [1.807, 2.05) is 0 Å². The standard InChI is InChI=1S/C23H23N2/c1-14-12-13-24(5)22-19(14)23(3,4)18-11-7-10-17-16-9-6-8-15(2)20(16)25(22)21(17)18/h6-13H,1-5H3/q+1. The number of pyridine rings is 1. The predicted molar refractivity (Wildman–Crippen MR) is 104 cm³/mol. The number of hydrogen-bond acceptors (Lipinski definition) is 0. The zero-order valence-corrected chi connectivity index (χ0v) is 15.5. The quantitative estimate of drug-likeness (QED) is 0.408. The summed E-state index contributed by atoms with van der Waals surface area (Å²) >= 11 is 0. The molecule has 2 heteroatoms.